The molecule has 1 aromatic heterocycles. The van der Waals surface area contributed by atoms with Gasteiger partial charge < -0.3 is 9.13 Å². The molecule has 0 aliphatic rings. The van der Waals surface area contributed by atoms with Crippen LogP contribution in [0.3, 0.4) is 0 Å². The van der Waals surface area contributed by atoms with Crippen molar-refractivity contribution < 1.29 is 4.79 Å². The molecular weight excluding hydrogens is 261 g/mol. The highest BCUT2D eigenvalue weighted by atomic mass is 16.1. The lowest BCUT2D eigenvalue weighted by atomic mass is 9.94. The standard InChI is InChI=1S/C16H16BN3O/c1-19-15-12(17)8-5-9-13(15)20(16(19)18)10-14(21)11-6-3-2-4-7-11/h2-9,18H,10,17H2,1H3. The summed E-state index contributed by atoms with van der Waals surface area (Å²) in [5.74, 6) is 0.0168. The largest absolute Gasteiger partial charge is 0.314 e. The molecule has 0 bridgehead atoms. The van der Waals surface area contributed by atoms with Crippen molar-refractivity contribution in [2.75, 3.05) is 0 Å². The van der Waals surface area contributed by atoms with Gasteiger partial charge in [0.15, 0.2) is 5.78 Å². The number of aryl methyl sites for hydroxylation is 1. The lowest BCUT2D eigenvalue weighted by Crippen LogP contribution is -2.26. The second-order valence-electron chi connectivity index (χ2n) is 5.20. The Morgan fingerprint density at radius 3 is 2.57 bits per heavy atom. The van der Waals surface area contributed by atoms with Crippen LogP contribution in [0, 0.1) is 5.41 Å². The summed E-state index contributed by atoms with van der Waals surface area (Å²) in [6.07, 6.45) is 0. The lowest BCUT2D eigenvalue weighted by Gasteiger charge is -2.04. The maximum atomic E-state index is 12.4. The number of nitrogens with one attached hydrogen (secondary N) is 1. The van der Waals surface area contributed by atoms with Crippen LogP contribution in [0.15, 0.2) is 48.5 Å². The number of ketones is 1. The first-order valence-electron chi connectivity index (χ1n) is 6.87. The average Bonchev–Trinajstić information content (AvgIpc) is 2.74. The van der Waals surface area contributed by atoms with Gasteiger partial charge in [0, 0.05) is 12.6 Å². The van der Waals surface area contributed by atoms with Crippen molar-refractivity contribution in [3.05, 3.63) is 59.7 Å². The van der Waals surface area contributed by atoms with Crippen molar-refractivity contribution in [1.29, 1.82) is 5.41 Å². The van der Waals surface area contributed by atoms with Gasteiger partial charge in [-0.05, 0) is 6.07 Å². The molecule has 0 unspecified atom stereocenters. The highest BCUT2D eigenvalue weighted by molar-refractivity contribution is 6.38. The Hall–Kier alpha value is -2.56. The van der Waals surface area contributed by atoms with Gasteiger partial charge in [-0.3, -0.25) is 10.2 Å². The molecule has 0 amide bonds. The Labute approximate surface area is 123 Å². The van der Waals surface area contributed by atoms with E-state index in [2.05, 4.69) is 0 Å². The van der Waals surface area contributed by atoms with Crippen LogP contribution in [0.25, 0.3) is 11.0 Å². The first kappa shape index (κ1) is 13.4. The number of rotatable bonds is 3. The normalized spacial score (nSPS) is 10.9. The number of carbonyl (C=O) groups excluding carboxylic acids is 1. The van der Waals surface area contributed by atoms with E-state index < -0.39 is 0 Å². The fourth-order valence-corrected chi connectivity index (χ4v) is 2.72. The molecule has 2 aromatic carbocycles. The second-order valence-corrected chi connectivity index (χ2v) is 5.20. The van der Waals surface area contributed by atoms with E-state index in [1.165, 1.54) is 0 Å². The Kier molecular flexibility index (Phi) is 3.25. The van der Waals surface area contributed by atoms with Gasteiger partial charge in [0.25, 0.3) is 0 Å². The first-order chi connectivity index (χ1) is 10.1. The van der Waals surface area contributed by atoms with Crippen molar-refractivity contribution in [2.45, 2.75) is 6.54 Å². The monoisotopic (exact) mass is 277 g/mol. The molecule has 0 aliphatic heterocycles. The number of fused-ring (bicyclic) bond motifs is 1. The SMILES string of the molecule is Bc1cccc2c1n(C)c(=N)n2CC(=O)c1ccccc1. The summed E-state index contributed by atoms with van der Waals surface area (Å²) in [5.41, 5.74) is 4.04. The molecule has 104 valence electrons. The van der Waals surface area contributed by atoms with E-state index in [1.807, 2.05) is 68.0 Å². The summed E-state index contributed by atoms with van der Waals surface area (Å²) >= 11 is 0. The van der Waals surface area contributed by atoms with Crippen LogP contribution >= 0.6 is 0 Å². The molecule has 0 aliphatic carbocycles. The molecule has 5 heteroatoms. The van der Waals surface area contributed by atoms with Crippen molar-refractivity contribution in [2.24, 2.45) is 7.05 Å². The third-order valence-corrected chi connectivity index (χ3v) is 3.81. The van der Waals surface area contributed by atoms with E-state index in [0.717, 1.165) is 16.5 Å². The average molecular weight is 277 g/mol. The number of hydrogen-bond acceptors (Lipinski definition) is 2. The summed E-state index contributed by atoms with van der Waals surface area (Å²) < 4.78 is 3.58. The van der Waals surface area contributed by atoms with Crippen LogP contribution in [0.5, 0.6) is 0 Å². The van der Waals surface area contributed by atoms with E-state index in [-0.39, 0.29) is 12.3 Å². The Bertz CT molecular complexity index is 878. The van der Waals surface area contributed by atoms with Crippen molar-refractivity contribution in [3.8, 4) is 0 Å². The van der Waals surface area contributed by atoms with Gasteiger partial charge in [0.1, 0.15) is 7.85 Å². The van der Waals surface area contributed by atoms with Crippen LogP contribution in [0.1, 0.15) is 10.4 Å². The molecule has 0 radical (unpaired) electrons. The predicted molar refractivity (Wildman–Crippen MR) is 85.7 cm³/mol. The highest BCUT2D eigenvalue weighted by Gasteiger charge is 2.13. The highest BCUT2D eigenvalue weighted by Crippen LogP contribution is 2.10. The number of aromatic nitrogens is 2. The number of para-hydroxylation sites is 1. The molecule has 0 atom stereocenters. The molecule has 0 spiro atoms. The number of carbonyl (C=O) groups is 1. The molecule has 3 rings (SSSR count). The number of imidazole rings is 1. The van der Waals surface area contributed by atoms with Gasteiger partial charge in [-0.25, -0.2) is 0 Å². The zero-order chi connectivity index (χ0) is 15.0. The molecule has 0 saturated heterocycles. The van der Waals surface area contributed by atoms with Gasteiger partial charge in [-0.15, -0.1) is 0 Å². The molecule has 1 heterocycles. The van der Waals surface area contributed by atoms with E-state index in [1.54, 1.807) is 4.57 Å². The molecule has 4 nitrogen and oxygen atoms in total. The number of Topliss-reactive ketones (excluding diaryl/α,β-unsaturated/α-hetero) is 1. The van der Waals surface area contributed by atoms with Crippen molar-refractivity contribution >= 4 is 30.1 Å². The number of nitrogens with zero attached hydrogens (tertiary/aromatic N) is 2. The topological polar surface area (TPSA) is 50.8 Å². The van der Waals surface area contributed by atoms with Crippen molar-refractivity contribution in [1.82, 2.24) is 9.13 Å². The molecular formula is C16H16BN3O. The van der Waals surface area contributed by atoms with Crippen LogP contribution in [0.2, 0.25) is 0 Å². The Morgan fingerprint density at radius 1 is 1.14 bits per heavy atom. The molecule has 21 heavy (non-hydrogen) atoms. The van der Waals surface area contributed by atoms with Crippen LogP contribution < -0.4 is 11.1 Å². The van der Waals surface area contributed by atoms with Crippen molar-refractivity contribution in [3.63, 3.8) is 0 Å². The summed E-state index contributed by atoms with van der Waals surface area (Å²) in [6, 6.07) is 15.1. The summed E-state index contributed by atoms with van der Waals surface area (Å²) in [5, 5.41) is 8.25. The zero-order valence-corrected chi connectivity index (χ0v) is 12.1. The van der Waals surface area contributed by atoms with Gasteiger partial charge in [0.2, 0.25) is 5.62 Å². The molecule has 1 N–H and O–H groups in total. The van der Waals surface area contributed by atoms with Crippen LogP contribution in [-0.4, -0.2) is 22.8 Å². The Morgan fingerprint density at radius 2 is 1.86 bits per heavy atom. The van der Waals surface area contributed by atoms with Crippen LogP contribution in [0.4, 0.5) is 0 Å². The minimum Gasteiger partial charge on any atom is -0.314 e. The van der Waals surface area contributed by atoms with Gasteiger partial charge in [0.05, 0.1) is 17.6 Å². The Balaban J connectivity index is 2.10. The molecule has 0 saturated carbocycles. The van der Waals surface area contributed by atoms with Gasteiger partial charge in [-0.2, -0.15) is 0 Å². The summed E-state index contributed by atoms with van der Waals surface area (Å²) in [7, 11) is 3.88. The van der Waals surface area contributed by atoms with E-state index in [0.29, 0.717) is 11.2 Å². The third kappa shape index (κ3) is 2.20. The van der Waals surface area contributed by atoms with Gasteiger partial charge >= 0.3 is 0 Å². The lowest BCUT2D eigenvalue weighted by molar-refractivity contribution is 0.0971. The van der Waals surface area contributed by atoms with Gasteiger partial charge in [-0.1, -0.05) is 47.9 Å². The maximum absolute atomic E-state index is 12.4. The predicted octanol–water partition coefficient (Wildman–Crippen LogP) is 0.601. The summed E-state index contributed by atoms with van der Waals surface area (Å²) in [6.45, 7) is 0.184. The quantitative estimate of drug-likeness (QED) is 0.553. The fourth-order valence-electron chi connectivity index (χ4n) is 2.72. The van der Waals surface area contributed by atoms with E-state index in [9.17, 15) is 4.79 Å². The fraction of sp³-hybridized carbons (Fsp3) is 0.125. The van der Waals surface area contributed by atoms with E-state index >= 15 is 0 Å². The van der Waals surface area contributed by atoms with E-state index in [4.69, 9.17) is 5.41 Å². The maximum Gasteiger partial charge on any atom is 0.203 e. The minimum atomic E-state index is 0.0168. The second kappa shape index (κ2) is 5.09. The smallest absolute Gasteiger partial charge is 0.203 e. The molecule has 3 aromatic rings. The summed E-state index contributed by atoms with van der Waals surface area (Å²) in [4.78, 5) is 12.4. The van der Waals surface area contributed by atoms with Crippen LogP contribution in [-0.2, 0) is 13.6 Å². The third-order valence-electron chi connectivity index (χ3n) is 3.81. The number of benzene rings is 2. The number of hydrogen-bond donors (Lipinski definition) is 1. The molecule has 0 fully saturated rings. The minimum absolute atomic E-state index is 0.0168. The first-order valence-corrected chi connectivity index (χ1v) is 6.87. The zero-order valence-electron chi connectivity index (χ0n) is 12.1.